The fourth-order valence-electron chi connectivity index (χ4n) is 3.51. The number of methoxy groups -OCH3 is 1. The normalized spacial score (nSPS) is 16.1. The minimum Gasteiger partial charge on any atom is -0.496 e. The van der Waals surface area contributed by atoms with E-state index in [0.29, 0.717) is 24.0 Å². The van der Waals surface area contributed by atoms with Gasteiger partial charge in [-0.2, -0.15) is 0 Å². The van der Waals surface area contributed by atoms with Crippen molar-refractivity contribution in [3.8, 4) is 17.1 Å². The molecule has 0 saturated carbocycles. The van der Waals surface area contributed by atoms with E-state index in [1.807, 2.05) is 24.3 Å². The van der Waals surface area contributed by atoms with Crippen LogP contribution in [0, 0.1) is 5.92 Å². The Morgan fingerprint density at radius 3 is 2.75 bits per heavy atom. The highest BCUT2D eigenvalue weighted by Crippen LogP contribution is 2.29. The van der Waals surface area contributed by atoms with Gasteiger partial charge in [0.1, 0.15) is 5.75 Å². The summed E-state index contributed by atoms with van der Waals surface area (Å²) in [4.78, 5) is 15.0. The third kappa shape index (κ3) is 5.11. The van der Waals surface area contributed by atoms with E-state index in [2.05, 4.69) is 29.2 Å². The molecule has 2 aromatic rings. The third-order valence-electron chi connectivity index (χ3n) is 4.92. The molecule has 1 aliphatic heterocycles. The quantitative estimate of drug-likeness (QED) is 0.751. The van der Waals surface area contributed by atoms with Gasteiger partial charge in [0.2, 0.25) is 0 Å². The molecule has 7 heteroatoms. The molecule has 1 saturated heterocycles. The van der Waals surface area contributed by atoms with Gasteiger partial charge in [-0.25, -0.2) is 0 Å². The zero-order valence-corrected chi connectivity index (χ0v) is 16.8. The fourth-order valence-corrected chi connectivity index (χ4v) is 3.51. The summed E-state index contributed by atoms with van der Waals surface area (Å²) in [5.41, 5.74) is 1.04. The first-order valence-corrected chi connectivity index (χ1v) is 9.78. The van der Waals surface area contributed by atoms with Crippen molar-refractivity contribution in [3.05, 3.63) is 36.0 Å². The lowest BCUT2D eigenvalue weighted by Gasteiger charge is -2.35. The van der Waals surface area contributed by atoms with Gasteiger partial charge in [0.25, 0.3) is 5.91 Å². The minimum atomic E-state index is -0.230. The molecule has 3 rings (SSSR count). The van der Waals surface area contributed by atoms with Gasteiger partial charge in [-0.15, -0.1) is 0 Å². The van der Waals surface area contributed by atoms with Crippen molar-refractivity contribution >= 4 is 5.91 Å². The third-order valence-corrected chi connectivity index (χ3v) is 4.92. The van der Waals surface area contributed by atoms with Crippen molar-refractivity contribution in [2.75, 3.05) is 40.0 Å². The van der Waals surface area contributed by atoms with E-state index in [4.69, 9.17) is 14.0 Å². The molecule has 7 nitrogen and oxygen atoms in total. The summed E-state index contributed by atoms with van der Waals surface area (Å²) in [6, 6.07) is 9.42. The average Bonchev–Trinajstić information content (AvgIpc) is 3.21. The molecule has 1 amide bonds. The Morgan fingerprint density at radius 2 is 2.04 bits per heavy atom. The van der Waals surface area contributed by atoms with Gasteiger partial charge in [-0.05, 0) is 24.5 Å². The van der Waals surface area contributed by atoms with E-state index in [-0.39, 0.29) is 17.6 Å². The molecular weight excluding hydrogens is 358 g/mol. The summed E-state index contributed by atoms with van der Waals surface area (Å²) in [6.45, 7) is 8.26. The summed E-state index contributed by atoms with van der Waals surface area (Å²) in [5, 5.41) is 6.96. The summed E-state index contributed by atoms with van der Waals surface area (Å²) >= 11 is 0. The second-order valence-corrected chi connectivity index (χ2v) is 7.42. The van der Waals surface area contributed by atoms with Gasteiger partial charge in [-0.3, -0.25) is 9.69 Å². The van der Waals surface area contributed by atoms with Crippen LogP contribution in [0.25, 0.3) is 11.3 Å². The molecule has 152 valence electrons. The predicted molar refractivity (Wildman–Crippen MR) is 106 cm³/mol. The van der Waals surface area contributed by atoms with Crippen molar-refractivity contribution < 1.29 is 18.8 Å². The Bertz CT molecular complexity index is 769. The molecule has 1 unspecified atom stereocenters. The molecule has 1 aliphatic rings. The Kier molecular flexibility index (Phi) is 7.06. The van der Waals surface area contributed by atoms with Gasteiger partial charge in [-0.1, -0.05) is 31.1 Å². The van der Waals surface area contributed by atoms with Crippen molar-refractivity contribution in [2.45, 2.75) is 26.3 Å². The maximum Gasteiger partial charge on any atom is 0.273 e. The van der Waals surface area contributed by atoms with E-state index in [1.54, 1.807) is 13.2 Å². The van der Waals surface area contributed by atoms with Crippen LogP contribution in [0.5, 0.6) is 5.75 Å². The highest BCUT2D eigenvalue weighted by molar-refractivity contribution is 5.93. The number of benzene rings is 1. The number of amides is 1. The monoisotopic (exact) mass is 387 g/mol. The molecule has 28 heavy (non-hydrogen) atoms. The van der Waals surface area contributed by atoms with Crippen LogP contribution in [0.1, 0.15) is 30.8 Å². The highest BCUT2D eigenvalue weighted by atomic mass is 16.5. The molecule has 0 spiro atoms. The van der Waals surface area contributed by atoms with Crippen LogP contribution in [0.4, 0.5) is 0 Å². The molecule has 2 heterocycles. The van der Waals surface area contributed by atoms with Gasteiger partial charge >= 0.3 is 0 Å². The van der Waals surface area contributed by atoms with Gasteiger partial charge < -0.3 is 19.3 Å². The number of carbonyl (C=O) groups excluding carboxylic acids is 1. The van der Waals surface area contributed by atoms with Crippen molar-refractivity contribution in [2.24, 2.45) is 5.92 Å². The first-order chi connectivity index (χ1) is 13.6. The Hall–Kier alpha value is -2.38. The number of hydrogen-bond acceptors (Lipinski definition) is 6. The SMILES string of the molecule is COc1ccccc1-c1cc(C(=O)NCC(CC(C)C)N2CCOCC2)no1. The maximum atomic E-state index is 12.6. The number of hydrogen-bond donors (Lipinski definition) is 1. The van der Waals surface area contributed by atoms with Gasteiger partial charge in [0.05, 0.1) is 25.9 Å². The van der Waals surface area contributed by atoms with E-state index in [0.717, 1.165) is 38.3 Å². The van der Waals surface area contributed by atoms with E-state index in [1.165, 1.54) is 0 Å². The summed E-state index contributed by atoms with van der Waals surface area (Å²) < 4.78 is 16.2. The van der Waals surface area contributed by atoms with Crippen LogP contribution < -0.4 is 10.1 Å². The number of carbonyl (C=O) groups is 1. The lowest BCUT2D eigenvalue weighted by atomic mass is 10.0. The summed E-state index contributed by atoms with van der Waals surface area (Å²) in [5.74, 6) is 1.50. The number of rotatable bonds is 8. The Balaban J connectivity index is 1.64. The zero-order chi connectivity index (χ0) is 19.9. The Labute approximate surface area is 166 Å². The number of nitrogens with zero attached hydrogens (tertiary/aromatic N) is 2. The molecule has 1 aromatic carbocycles. The maximum absolute atomic E-state index is 12.6. The number of ether oxygens (including phenoxy) is 2. The zero-order valence-electron chi connectivity index (χ0n) is 16.8. The van der Waals surface area contributed by atoms with Crippen LogP contribution in [0.15, 0.2) is 34.9 Å². The van der Waals surface area contributed by atoms with E-state index in [9.17, 15) is 4.79 Å². The topological polar surface area (TPSA) is 76.8 Å². The second-order valence-electron chi connectivity index (χ2n) is 7.42. The van der Waals surface area contributed by atoms with E-state index >= 15 is 0 Å². The molecule has 0 radical (unpaired) electrons. The molecule has 1 fully saturated rings. The lowest BCUT2D eigenvalue weighted by molar-refractivity contribution is 0.0124. The largest absolute Gasteiger partial charge is 0.496 e. The molecule has 1 N–H and O–H groups in total. The summed E-state index contributed by atoms with van der Waals surface area (Å²) in [6.07, 6.45) is 1.02. The number of morpholine rings is 1. The van der Waals surface area contributed by atoms with Crippen molar-refractivity contribution in [3.63, 3.8) is 0 Å². The van der Waals surface area contributed by atoms with Gasteiger partial charge in [0.15, 0.2) is 11.5 Å². The van der Waals surface area contributed by atoms with Crippen LogP contribution in [-0.4, -0.2) is 62.0 Å². The van der Waals surface area contributed by atoms with Crippen LogP contribution in [0.2, 0.25) is 0 Å². The highest BCUT2D eigenvalue weighted by Gasteiger charge is 2.23. The van der Waals surface area contributed by atoms with Crippen LogP contribution in [-0.2, 0) is 4.74 Å². The number of nitrogens with one attached hydrogen (secondary N) is 1. The smallest absolute Gasteiger partial charge is 0.273 e. The summed E-state index contributed by atoms with van der Waals surface area (Å²) in [7, 11) is 1.60. The molecular formula is C21H29N3O4. The average molecular weight is 387 g/mol. The van der Waals surface area contributed by atoms with Crippen LogP contribution >= 0.6 is 0 Å². The minimum absolute atomic E-state index is 0.230. The van der Waals surface area contributed by atoms with Crippen LogP contribution in [0.3, 0.4) is 0 Å². The lowest BCUT2D eigenvalue weighted by Crippen LogP contribution is -2.49. The molecule has 0 aliphatic carbocycles. The second kappa shape index (κ2) is 9.71. The molecule has 0 bridgehead atoms. The van der Waals surface area contributed by atoms with Crippen molar-refractivity contribution in [1.29, 1.82) is 0 Å². The first kappa shape index (κ1) is 20.4. The Morgan fingerprint density at radius 1 is 1.29 bits per heavy atom. The standard InChI is InChI=1S/C21H29N3O4/c1-15(2)12-16(24-8-10-27-11-9-24)14-22-21(25)18-13-20(28-23-18)17-6-4-5-7-19(17)26-3/h4-7,13,15-16H,8-12,14H2,1-3H3,(H,22,25). The number of para-hydroxylation sites is 1. The molecule has 1 atom stereocenters. The number of aromatic nitrogens is 1. The van der Waals surface area contributed by atoms with Crippen molar-refractivity contribution in [1.82, 2.24) is 15.4 Å². The first-order valence-electron chi connectivity index (χ1n) is 9.78. The predicted octanol–water partition coefficient (Wildman–Crippen LogP) is 2.83. The molecule has 1 aromatic heterocycles. The van der Waals surface area contributed by atoms with E-state index < -0.39 is 0 Å². The fraction of sp³-hybridized carbons (Fsp3) is 0.524. The van der Waals surface area contributed by atoms with Gasteiger partial charge in [0, 0.05) is 31.7 Å².